The summed E-state index contributed by atoms with van der Waals surface area (Å²) in [5.74, 6) is 0.856. The molecule has 0 unspecified atom stereocenters. The second-order valence-corrected chi connectivity index (χ2v) is 12.2. The van der Waals surface area contributed by atoms with Crippen molar-refractivity contribution in [1.82, 2.24) is 13.9 Å². The zero-order valence-corrected chi connectivity index (χ0v) is 21.8. The zero-order valence-electron chi connectivity index (χ0n) is 20.2. The number of sulfonamides is 1. The molecule has 0 spiro atoms. The third-order valence-corrected chi connectivity index (χ3v) is 9.57. The number of aromatic nitrogens is 2. The summed E-state index contributed by atoms with van der Waals surface area (Å²) in [6, 6.07) is 12.5. The van der Waals surface area contributed by atoms with Crippen molar-refractivity contribution in [2.24, 2.45) is 0 Å². The quantitative estimate of drug-likeness (QED) is 0.325. The molecule has 4 rings (SSSR count). The third kappa shape index (κ3) is 5.15. The molecular formula is C26H35N3O2S2. The first-order valence-corrected chi connectivity index (χ1v) is 14.4. The van der Waals surface area contributed by atoms with Gasteiger partial charge in [0, 0.05) is 25.4 Å². The lowest BCUT2D eigenvalue weighted by Crippen LogP contribution is -2.27. The lowest BCUT2D eigenvalue weighted by molar-refractivity contribution is 0.459. The van der Waals surface area contributed by atoms with Crippen molar-refractivity contribution in [3.05, 3.63) is 53.1 Å². The first kappa shape index (κ1) is 24.3. The van der Waals surface area contributed by atoms with Gasteiger partial charge in [0.2, 0.25) is 10.0 Å². The minimum Gasteiger partial charge on any atom is -0.316 e. The summed E-state index contributed by atoms with van der Waals surface area (Å²) < 4.78 is 30.0. The number of fused-ring (bicyclic) bond motifs is 1. The van der Waals surface area contributed by atoms with Gasteiger partial charge < -0.3 is 4.57 Å². The van der Waals surface area contributed by atoms with E-state index in [0.717, 1.165) is 47.6 Å². The van der Waals surface area contributed by atoms with Crippen LogP contribution in [0.1, 0.15) is 68.2 Å². The Hall–Kier alpha value is -1.83. The Balaban J connectivity index is 1.70. The maximum atomic E-state index is 13.1. The minimum absolute atomic E-state index is 0.329. The van der Waals surface area contributed by atoms with Crippen molar-refractivity contribution in [2.45, 2.75) is 81.1 Å². The maximum Gasteiger partial charge on any atom is 0.242 e. The van der Waals surface area contributed by atoms with Crippen molar-refractivity contribution in [3.63, 3.8) is 0 Å². The Kier molecular flexibility index (Phi) is 7.51. The van der Waals surface area contributed by atoms with E-state index in [1.165, 1.54) is 33.8 Å². The molecule has 1 heterocycles. The predicted molar refractivity (Wildman–Crippen MR) is 137 cm³/mol. The number of unbranched alkanes of at least 4 members (excludes halogenated alkanes) is 1. The van der Waals surface area contributed by atoms with E-state index in [4.69, 9.17) is 4.98 Å². The van der Waals surface area contributed by atoms with Gasteiger partial charge in [-0.05, 0) is 62.4 Å². The monoisotopic (exact) mass is 485 g/mol. The second kappa shape index (κ2) is 10.2. The summed E-state index contributed by atoms with van der Waals surface area (Å²) in [6.45, 7) is 6.88. The standard InChI is InChI=1S/C26H35N3O2S2/c1-5-6-15-28(4)33(30,31)23-13-14-25-24(17-23)27-26(29(25)22-9-7-8-10-22)32-18-21-16-19(2)11-12-20(21)3/h11-14,16-17,22H,5-10,15,18H2,1-4H3. The molecule has 0 aliphatic heterocycles. The average Bonchev–Trinajstić information content (AvgIpc) is 3.44. The minimum atomic E-state index is -3.51. The molecule has 1 fully saturated rings. The van der Waals surface area contributed by atoms with Crippen LogP contribution in [0.4, 0.5) is 0 Å². The highest BCUT2D eigenvalue weighted by Crippen LogP contribution is 2.38. The Morgan fingerprint density at radius 1 is 1.12 bits per heavy atom. The van der Waals surface area contributed by atoms with Gasteiger partial charge in [-0.1, -0.05) is 61.7 Å². The molecule has 33 heavy (non-hydrogen) atoms. The van der Waals surface area contributed by atoms with Crippen molar-refractivity contribution in [2.75, 3.05) is 13.6 Å². The van der Waals surface area contributed by atoms with Crippen LogP contribution in [-0.4, -0.2) is 35.9 Å². The average molecular weight is 486 g/mol. The molecular weight excluding hydrogens is 450 g/mol. The molecule has 0 bridgehead atoms. The lowest BCUT2D eigenvalue weighted by atomic mass is 10.1. The van der Waals surface area contributed by atoms with E-state index in [-0.39, 0.29) is 0 Å². The van der Waals surface area contributed by atoms with Gasteiger partial charge in [0.25, 0.3) is 0 Å². The fourth-order valence-corrected chi connectivity index (χ4v) is 6.99. The molecule has 178 valence electrons. The largest absolute Gasteiger partial charge is 0.316 e. The van der Waals surface area contributed by atoms with Crippen molar-refractivity contribution < 1.29 is 8.42 Å². The smallest absolute Gasteiger partial charge is 0.242 e. The Bertz CT molecular complexity index is 1230. The van der Waals surface area contributed by atoms with Gasteiger partial charge in [-0.25, -0.2) is 17.7 Å². The lowest BCUT2D eigenvalue weighted by Gasteiger charge is -2.18. The van der Waals surface area contributed by atoms with Crippen LogP contribution in [0.5, 0.6) is 0 Å². The molecule has 1 aromatic heterocycles. The predicted octanol–water partition coefficient (Wildman–Crippen LogP) is 6.48. The van der Waals surface area contributed by atoms with Crippen molar-refractivity contribution >= 4 is 32.8 Å². The van der Waals surface area contributed by atoms with E-state index in [2.05, 4.69) is 43.5 Å². The Morgan fingerprint density at radius 3 is 2.61 bits per heavy atom. The fourth-order valence-electron chi connectivity index (χ4n) is 4.61. The topological polar surface area (TPSA) is 55.2 Å². The number of aryl methyl sites for hydroxylation is 2. The summed E-state index contributed by atoms with van der Waals surface area (Å²) in [5.41, 5.74) is 5.70. The third-order valence-electron chi connectivity index (χ3n) is 6.71. The van der Waals surface area contributed by atoms with Gasteiger partial charge in [-0.15, -0.1) is 0 Å². The number of rotatable bonds is 9. The Labute approximate surface area is 202 Å². The molecule has 0 atom stereocenters. The van der Waals surface area contributed by atoms with Crippen LogP contribution in [0.15, 0.2) is 46.5 Å². The molecule has 0 amide bonds. The molecule has 1 aliphatic carbocycles. The van der Waals surface area contributed by atoms with E-state index in [9.17, 15) is 8.42 Å². The summed E-state index contributed by atoms with van der Waals surface area (Å²) in [6.07, 6.45) is 6.60. The molecule has 0 N–H and O–H groups in total. The highest BCUT2D eigenvalue weighted by atomic mass is 32.2. The van der Waals surface area contributed by atoms with Crippen LogP contribution in [0.3, 0.4) is 0 Å². The van der Waals surface area contributed by atoms with Crippen LogP contribution in [0.2, 0.25) is 0 Å². The van der Waals surface area contributed by atoms with Crippen LogP contribution in [-0.2, 0) is 15.8 Å². The first-order valence-electron chi connectivity index (χ1n) is 12.0. The number of nitrogens with zero attached hydrogens (tertiary/aromatic N) is 3. The molecule has 3 aromatic rings. The summed E-state index contributed by atoms with van der Waals surface area (Å²) >= 11 is 1.76. The van der Waals surface area contributed by atoms with Crippen LogP contribution in [0.25, 0.3) is 11.0 Å². The second-order valence-electron chi connectivity index (χ2n) is 9.25. The van der Waals surface area contributed by atoms with Gasteiger partial charge in [0.1, 0.15) is 0 Å². The molecule has 2 aromatic carbocycles. The first-order chi connectivity index (χ1) is 15.8. The fraction of sp³-hybridized carbons (Fsp3) is 0.500. The summed E-state index contributed by atoms with van der Waals surface area (Å²) in [5, 5.41) is 0.992. The number of hydrogen-bond donors (Lipinski definition) is 0. The van der Waals surface area contributed by atoms with Gasteiger partial charge in [0.15, 0.2) is 5.16 Å². The molecule has 7 heteroatoms. The normalized spacial score (nSPS) is 15.2. The number of benzene rings is 2. The van der Waals surface area contributed by atoms with E-state index in [1.54, 1.807) is 30.9 Å². The van der Waals surface area contributed by atoms with Gasteiger partial charge in [0.05, 0.1) is 15.9 Å². The number of hydrogen-bond acceptors (Lipinski definition) is 4. The van der Waals surface area contributed by atoms with E-state index < -0.39 is 10.0 Å². The van der Waals surface area contributed by atoms with E-state index in [1.807, 2.05) is 6.07 Å². The Morgan fingerprint density at radius 2 is 1.88 bits per heavy atom. The highest BCUT2D eigenvalue weighted by Gasteiger charge is 2.26. The van der Waals surface area contributed by atoms with Crippen LogP contribution >= 0.6 is 11.8 Å². The summed E-state index contributed by atoms with van der Waals surface area (Å²) in [7, 11) is -1.85. The highest BCUT2D eigenvalue weighted by molar-refractivity contribution is 7.98. The van der Waals surface area contributed by atoms with Gasteiger partial charge in [-0.3, -0.25) is 0 Å². The van der Waals surface area contributed by atoms with Gasteiger partial charge >= 0.3 is 0 Å². The molecule has 5 nitrogen and oxygen atoms in total. The van der Waals surface area contributed by atoms with Crippen LogP contribution < -0.4 is 0 Å². The van der Waals surface area contributed by atoms with E-state index in [0.29, 0.717) is 17.5 Å². The maximum absolute atomic E-state index is 13.1. The van der Waals surface area contributed by atoms with Crippen LogP contribution in [0, 0.1) is 13.8 Å². The number of thioether (sulfide) groups is 1. The van der Waals surface area contributed by atoms with Gasteiger partial charge in [-0.2, -0.15) is 0 Å². The molecule has 1 saturated carbocycles. The summed E-state index contributed by atoms with van der Waals surface area (Å²) in [4.78, 5) is 5.29. The van der Waals surface area contributed by atoms with Crippen molar-refractivity contribution in [1.29, 1.82) is 0 Å². The van der Waals surface area contributed by atoms with Crippen molar-refractivity contribution in [3.8, 4) is 0 Å². The molecule has 1 aliphatic rings. The zero-order chi connectivity index (χ0) is 23.6. The SMILES string of the molecule is CCCCN(C)S(=O)(=O)c1ccc2c(c1)nc(SCc1cc(C)ccc1C)n2C1CCCC1. The molecule has 0 saturated heterocycles. The molecule has 0 radical (unpaired) electrons. The van der Waals surface area contributed by atoms with E-state index >= 15 is 0 Å². The number of imidazole rings is 1.